The number of fused-ring (bicyclic) bond motifs is 1. The molecule has 3 aliphatic rings. The summed E-state index contributed by atoms with van der Waals surface area (Å²) in [6.45, 7) is 4.41. The van der Waals surface area contributed by atoms with Gasteiger partial charge in [-0.3, -0.25) is 19.3 Å². The molecule has 6 rings (SSSR count). The van der Waals surface area contributed by atoms with E-state index in [2.05, 4.69) is 10.6 Å². The molecule has 3 aromatic carbocycles. The molecule has 3 N–H and O–H groups in total. The van der Waals surface area contributed by atoms with E-state index in [0.717, 1.165) is 5.56 Å². The van der Waals surface area contributed by atoms with E-state index in [1.165, 1.54) is 0 Å². The number of amides is 2. The van der Waals surface area contributed by atoms with Gasteiger partial charge in [-0.2, -0.15) is 0 Å². The summed E-state index contributed by atoms with van der Waals surface area (Å²) in [5, 5.41) is 17.7. The average Bonchev–Trinajstić information content (AvgIpc) is 3.18. The number of nitrogens with zero attached hydrogens (tertiary/aromatic N) is 1. The van der Waals surface area contributed by atoms with Gasteiger partial charge in [0.1, 0.15) is 23.8 Å². The van der Waals surface area contributed by atoms with E-state index in [1.54, 1.807) is 35.2 Å². The van der Waals surface area contributed by atoms with Crippen LogP contribution in [0.4, 0.5) is 5.69 Å². The Morgan fingerprint density at radius 2 is 1.74 bits per heavy atom. The van der Waals surface area contributed by atoms with Crippen LogP contribution in [-0.4, -0.2) is 27.6 Å². The highest BCUT2D eigenvalue weighted by Gasteiger charge is 2.45. The zero-order valence-corrected chi connectivity index (χ0v) is 27.3. The molecule has 0 fully saturated rings. The third kappa shape index (κ3) is 7.13. The van der Waals surface area contributed by atoms with E-state index in [9.17, 15) is 19.5 Å². The molecule has 0 radical (unpaired) electrons. The number of rotatable bonds is 8. The standard InChI is InChI=1S/C38H38ClN3O5/c1-38(2)21-29-35(32(44)22-38)37(27-17-16-26(20-28(27)39)47-23-24-10-5-3-6-11-24)42(30-14-9-15-31(43)36(30)41-29)34(46)19-18-33(45)40-25-12-7-4-8-13-25/h3-8,10-14,16-17,20,37,41,43H,9,15,18-19,21-23H2,1-2H3,(H,40,45). The lowest BCUT2D eigenvalue weighted by molar-refractivity contribution is -0.132. The summed E-state index contributed by atoms with van der Waals surface area (Å²) in [4.78, 5) is 42.9. The lowest BCUT2D eigenvalue weighted by Gasteiger charge is -2.37. The van der Waals surface area contributed by atoms with E-state index >= 15 is 0 Å². The molecule has 0 bridgehead atoms. The molecule has 1 heterocycles. The van der Waals surface area contributed by atoms with E-state index in [4.69, 9.17) is 16.3 Å². The van der Waals surface area contributed by atoms with Crippen molar-refractivity contribution in [1.29, 1.82) is 0 Å². The molecule has 1 unspecified atom stereocenters. The number of halogens is 1. The molecule has 0 saturated heterocycles. The number of aliphatic hydroxyl groups is 1. The number of allylic oxidation sites excluding steroid dienone is 3. The highest BCUT2D eigenvalue weighted by atomic mass is 35.5. The van der Waals surface area contributed by atoms with Crippen LogP contribution in [-0.2, 0) is 21.0 Å². The van der Waals surface area contributed by atoms with Gasteiger partial charge in [0, 0.05) is 47.7 Å². The molecule has 0 spiro atoms. The van der Waals surface area contributed by atoms with E-state index in [1.807, 2.05) is 68.5 Å². The van der Waals surface area contributed by atoms with Crippen LogP contribution in [0, 0.1) is 5.41 Å². The Hall–Kier alpha value is -4.82. The second-order valence-electron chi connectivity index (χ2n) is 12.9. The highest BCUT2D eigenvalue weighted by Crippen LogP contribution is 2.49. The first-order valence-corrected chi connectivity index (χ1v) is 16.3. The highest BCUT2D eigenvalue weighted by molar-refractivity contribution is 6.31. The van der Waals surface area contributed by atoms with Gasteiger partial charge < -0.3 is 20.5 Å². The van der Waals surface area contributed by atoms with Crippen molar-refractivity contribution in [3.63, 3.8) is 0 Å². The quantitative estimate of drug-likeness (QED) is 0.229. The minimum Gasteiger partial charge on any atom is -0.510 e. The Kier molecular flexibility index (Phi) is 9.23. The van der Waals surface area contributed by atoms with Gasteiger partial charge in [0.15, 0.2) is 5.78 Å². The molecule has 2 aliphatic carbocycles. The van der Waals surface area contributed by atoms with E-state index < -0.39 is 6.04 Å². The number of hydrogen-bond donors (Lipinski definition) is 3. The largest absolute Gasteiger partial charge is 0.510 e. The third-order valence-electron chi connectivity index (χ3n) is 8.66. The van der Waals surface area contributed by atoms with Crippen LogP contribution in [0.5, 0.6) is 5.75 Å². The number of carbonyl (C=O) groups excluding carboxylic acids is 3. The van der Waals surface area contributed by atoms with Gasteiger partial charge in [-0.05, 0) is 53.6 Å². The Bertz CT molecular complexity index is 1800. The van der Waals surface area contributed by atoms with Crippen molar-refractivity contribution in [2.45, 2.75) is 65.0 Å². The molecular weight excluding hydrogens is 614 g/mol. The van der Waals surface area contributed by atoms with Crippen LogP contribution < -0.4 is 15.4 Å². The maximum absolute atomic E-state index is 14.4. The van der Waals surface area contributed by atoms with Crippen LogP contribution >= 0.6 is 11.6 Å². The van der Waals surface area contributed by atoms with Crippen LogP contribution in [0.1, 0.15) is 69.5 Å². The third-order valence-corrected chi connectivity index (χ3v) is 8.98. The molecule has 0 saturated carbocycles. The molecule has 47 heavy (non-hydrogen) atoms. The molecular formula is C38H38ClN3O5. The van der Waals surface area contributed by atoms with Crippen molar-refractivity contribution >= 4 is 34.9 Å². The molecule has 9 heteroatoms. The first kappa shape index (κ1) is 32.1. The van der Waals surface area contributed by atoms with Gasteiger partial charge in [0.2, 0.25) is 11.8 Å². The SMILES string of the molecule is CC1(C)CC(=O)C2=C(C1)NC1=C(O)CCC=C1N(C(=O)CCC(=O)Nc1ccccc1)C2c1ccc(OCc2ccccc2)cc1Cl. The maximum atomic E-state index is 14.4. The minimum absolute atomic E-state index is 0.0738. The number of ether oxygens (including phenoxy) is 1. The molecule has 2 amide bonds. The number of ketones is 1. The summed E-state index contributed by atoms with van der Waals surface area (Å²) in [6.07, 6.45) is 3.41. The topological polar surface area (TPSA) is 108 Å². The smallest absolute Gasteiger partial charge is 0.228 e. The number of benzene rings is 3. The first-order chi connectivity index (χ1) is 22.6. The predicted octanol–water partition coefficient (Wildman–Crippen LogP) is 7.90. The number of hydrogen-bond acceptors (Lipinski definition) is 6. The molecule has 1 aliphatic heterocycles. The van der Waals surface area contributed by atoms with Gasteiger partial charge >= 0.3 is 0 Å². The summed E-state index contributed by atoms with van der Waals surface area (Å²) in [5.41, 5.74) is 3.81. The number of aliphatic hydroxyl groups excluding tert-OH is 1. The Morgan fingerprint density at radius 1 is 1.02 bits per heavy atom. The summed E-state index contributed by atoms with van der Waals surface area (Å²) in [5.74, 6) is -0.122. The van der Waals surface area contributed by atoms with E-state index in [0.29, 0.717) is 70.6 Å². The van der Waals surface area contributed by atoms with Crippen molar-refractivity contribution in [2.24, 2.45) is 5.41 Å². The van der Waals surface area contributed by atoms with Crippen molar-refractivity contribution in [2.75, 3.05) is 5.32 Å². The van der Waals surface area contributed by atoms with Crippen LogP contribution in [0.3, 0.4) is 0 Å². The van der Waals surface area contributed by atoms with Crippen molar-refractivity contribution in [1.82, 2.24) is 10.2 Å². The lowest BCUT2D eigenvalue weighted by Crippen LogP contribution is -2.39. The Balaban J connectivity index is 1.39. The average molecular weight is 652 g/mol. The summed E-state index contributed by atoms with van der Waals surface area (Å²) in [6, 6.07) is 23.2. The number of Topliss-reactive ketones (excluding diaryl/α,β-unsaturated/α-hetero) is 1. The fraction of sp³-hybridized carbons (Fsp3) is 0.289. The molecule has 3 aromatic rings. The zero-order chi connectivity index (χ0) is 33.1. The fourth-order valence-electron chi connectivity index (χ4n) is 6.48. The van der Waals surface area contributed by atoms with Gasteiger partial charge in [-0.1, -0.05) is 86.1 Å². The predicted molar refractivity (Wildman–Crippen MR) is 181 cm³/mol. The summed E-state index contributed by atoms with van der Waals surface area (Å²) in [7, 11) is 0. The second-order valence-corrected chi connectivity index (χ2v) is 13.4. The monoisotopic (exact) mass is 651 g/mol. The first-order valence-electron chi connectivity index (χ1n) is 15.9. The Morgan fingerprint density at radius 3 is 2.47 bits per heavy atom. The Labute approximate surface area is 279 Å². The fourth-order valence-corrected chi connectivity index (χ4v) is 6.75. The molecule has 242 valence electrons. The second kappa shape index (κ2) is 13.5. The van der Waals surface area contributed by atoms with Gasteiger partial charge in [0.25, 0.3) is 0 Å². The van der Waals surface area contributed by atoms with Gasteiger partial charge in [0.05, 0.1) is 11.7 Å². The zero-order valence-electron chi connectivity index (χ0n) is 26.5. The number of anilines is 1. The summed E-state index contributed by atoms with van der Waals surface area (Å²) >= 11 is 7.01. The van der Waals surface area contributed by atoms with Crippen LogP contribution in [0.25, 0.3) is 0 Å². The van der Waals surface area contributed by atoms with Gasteiger partial charge in [-0.25, -0.2) is 0 Å². The minimum atomic E-state index is -0.892. The molecule has 8 nitrogen and oxygen atoms in total. The van der Waals surface area contributed by atoms with Crippen molar-refractivity contribution in [3.8, 4) is 5.75 Å². The number of carbonyl (C=O) groups is 3. The van der Waals surface area contributed by atoms with Crippen molar-refractivity contribution in [3.05, 3.63) is 130 Å². The molecule has 1 atom stereocenters. The number of para-hydroxylation sites is 1. The lowest BCUT2D eigenvalue weighted by atomic mass is 9.73. The van der Waals surface area contributed by atoms with E-state index in [-0.39, 0.29) is 48.0 Å². The normalized spacial score (nSPS) is 18.8. The maximum Gasteiger partial charge on any atom is 0.228 e. The van der Waals surface area contributed by atoms with Crippen molar-refractivity contribution < 1.29 is 24.2 Å². The summed E-state index contributed by atoms with van der Waals surface area (Å²) < 4.78 is 6.03. The van der Waals surface area contributed by atoms with Crippen LogP contribution in [0.15, 0.2) is 113 Å². The number of nitrogens with one attached hydrogen (secondary N) is 2. The van der Waals surface area contributed by atoms with Gasteiger partial charge in [-0.15, -0.1) is 0 Å². The van der Waals surface area contributed by atoms with Crippen LogP contribution in [0.2, 0.25) is 5.02 Å². The molecule has 0 aromatic heterocycles.